The Kier molecular flexibility index (Phi) is 4.03. The zero-order chi connectivity index (χ0) is 13.8. The van der Waals surface area contributed by atoms with Crippen molar-refractivity contribution in [3.63, 3.8) is 0 Å². The van der Waals surface area contributed by atoms with Crippen molar-refractivity contribution in [1.29, 1.82) is 0 Å². The topological polar surface area (TPSA) is 53.6 Å². The predicted octanol–water partition coefficient (Wildman–Crippen LogP) is 3.94. The van der Waals surface area contributed by atoms with Crippen molar-refractivity contribution in [3.05, 3.63) is 52.5 Å². The average Bonchev–Trinajstić information content (AvgIpc) is 3.10. The summed E-state index contributed by atoms with van der Waals surface area (Å²) in [6, 6.07) is 10.5. The molecule has 0 saturated carbocycles. The summed E-state index contributed by atoms with van der Waals surface area (Å²) in [6.07, 6.45) is 1.52. The molecule has 0 aliphatic carbocycles. The van der Waals surface area contributed by atoms with Crippen molar-refractivity contribution in [3.8, 4) is 0 Å². The van der Waals surface area contributed by atoms with E-state index in [0.717, 1.165) is 22.3 Å². The molecule has 0 aliphatic heterocycles. The first kappa shape index (κ1) is 13.2. The van der Waals surface area contributed by atoms with Crippen molar-refractivity contribution in [1.82, 2.24) is 15.2 Å². The van der Waals surface area contributed by atoms with Gasteiger partial charge in [0.15, 0.2) is 5.16 Å². The van der Waals surface area contributed by atoms with Gasteiger partial charge in [-0.15, -0.1) is 11.3 Å². The first-order chi connectivity index (χ1) is 9.81. The SMILES string of the molecule is Cc1ccsc1CNc1ccc(Sc2ncn[nH]2)cc1. The summed E-state index contributed by atoms with van der Waals surface area (Å²) in [5.74, 6) is 0. The number of rotatable bonds is 5. The summed E-state index contributed by atoms with van der Waals surface area (Å²) in [6.45, 7) is 3.02. The number of nitrogens with one attached hydrogen (secondary N) is 2. The molecular weight excluding hydrogens is 288 g/mol. The van der Waals surface area contributed by atoms with Crippen LogP contribution in [0.4, 0.5) is 5.69 Å². The Morgan fingerprint density at radius 2 is 2.10 bits per heavy atom. The Bertz CT molecular complexity index is 659. The molecule has 2 N–H and O–H groups in total. The second-order valence-corrected chi connectivity index (χ2v) is 6.36. The number of aromatic nitrogens is 3. The van der Waals surface area contributed by atoms with Gasteiger partial charge >= 0.3 is 0 Å². The molecule has 102 valence electrons. The van der Waals surface area contributed by atoms with Crippen LogP contribution in [0.1, 0.15) is 10.4 Å². The lowest BCUT2D eigenvalue weighted by Gasteiger charge is -2.06. The second-order valence-electron chi connectivity index (χ2n) is 4.30. The van der Waals surface area contributed by atoms with Gasteiger partial charge in [-0.2, -0.15) is 5.10 Å². The molecule has 6 heteroatoms. The molecule has 2 heterocycles. The van der Waals surface area contributed by atoms with Crippen molar-refractivity contribution >= 4 is 28.8 Å². The number of aromatic amines is 1. The highest BCUT2D eigenvalue weighted by Gasteiger charge is 2.02. The van der Waals surface area contributed by atoms with Crippen molar-refractivity contribution in [2.45, 2.75) is 23.5 Å². The van der Waals surface area contributed by atoms with E-state index in [0.29, 0.717) is 0 Å². The summed E-state index contributed by atoms with van der Waals surface area (Å²) < 4.78 is 0. The molecule has 1 aromatic carbocycles. The Balaban J connectivity index is 1.60. The number of anilines is 1. The standard InChI is InChI=1S/C14H14N4S2/c1-10-6-7-19-13(10)8-15-11-2-4-12(5-3-11)20-14-16-9-17-18-14/h2-7,9,15H,8H2,1H3,(H,16,17,18). The first-order valence-electron chi connectivity index (χ1n) is 6.21. The summed E-state index contributed by atoms with van der Waals surface area (Å²) >= 11 is 3.36. The zero-order valence-corrected chi connectivity index (χ0v) is 12.6. The van der Waals surface area contributed by atoms with E-state index in [9.17, 15) is 0 Å². The van der Waals surface area contributed by atoms with E-state index in [1.165, 1.54) is 16.8 Å². The molecule has 0 amide bonds. The van der Waals surface area contributed by atoms with Crippen molar-refractivity contribution in [2.75, 3.05) is 5.32 Å². The lowest BCUT2D eigenvalue weighted by molar-refractivity contribution is 0.973. The molecule has 0 aliphatic rings. The molecule has 0 saturated heterocycles. The highest BCUT2D eigenvalue weighted by Crippen LogP contribution is 2.25. The van der Waals surface area contributed by atoms with Crippen LogP contribution in [0.2, 0.25) is 0 Å². The number of H-pyrrole nitrogens is 1. The monoisotopic (exact) mass is 302 g/mol. The molecule has 0 fully saturated rings. The summed E-state index contributed by atoms with van der Waals surface area (Å²) in [5.41, 5.74) is 2.47. The van der Waals surface area contributed by atoms with Crippen LogP contribution in [-0.4, -0.2) is 15.2 Å². The van der Waals surface area contributed by atoms with E-state index < -0.39 is 0 Å². The fourth-order valence-corrected chi connectivity index (χ4v) is 3.30. The lowest BCUT2D eigenvalue weighted by Crippen LogP contribution is -1.98. The third kappa shape index (κ3) is 3.20. The fourth-order valence-electron chi connectivity index (χ4n) is 1.76. The molecule has 4 nitrogen and oxygen atoms in total. The maximum atomic E-state index is 4.10. The summed E-state index contributed by atoms with van der Waals surface area (Å²) in [5, 5.41) is 13.0. The van der Waals surface area contributed by atoms with Gasteiger partial charge in [0.05, 0.1) is 0 Å². The molecular formula is C14H14N4S2. The van der Waals surface area contributed by atoms with Crippen LogP contribution in [-0.2, 0) is 6.54 Å². The van der Waals surface area contributed by atoms with Crippen molar-refractivity contribution in [2.24, 2.45) is 0 Å². The van der Waals surface area contributed by atoms with E-state index in [2.05, 4.69) is 63.1 Å². The van der Waals surface area contributed by atoms with Crippen LogP contribution >= 0.6 is 23.1 Å². The first-order valence-corrected chi connectivity index (χ1v) is 7.91. The van der Waals surface area contributed by atoms with E-state index in [-0.39, 0.29) is 0 Å². The minimum atomic E-state index is 0.805. The summed E-state index contributed by atoms with van der Waals surface area (Å²) in [7, 11) is 0. The van der Waals surface area contributed by atoms with E-state index in [4.69, 9.17) is 0 Å². The van der Waals surface area contributed by atoms with Gasteiger partial charge in [0.1, 0.15) is 6.33 Å². The van der Waals surface area contributed by atoms with Crippen LogP contribution in [0.25, 0.3) is 0 Å². The average molecular weight is 302 g/mol. The normalized spacial score (nSPS) is 10.7. The molecule has 20 heavy (non-hydrogen) atoms. The molecule has 3 aromatic rings. The molecule has 0 bridgehead atoms. The largest absolute Gasteiger partial charge is 0.380 e. The molecule has 0 spiro atoms. The van der Waals surface area contributed by atoms with Gasteiger partial charge in [-0.3, -0.25) is 5.10 Å². The molecule has 3 rings (SSSR count). The highest BCUT2D eigenvalue weighted by atomic mass is 32.2. The van der Waals surface area contributed by atoms with E-state index in [1.807, 2.05) is 0 Å². The van der Waals surface area contributed by atoms with Crippen LogP contribution in [0.15, 0.2) is 52.1 Å². The van der Waals surface area contributed by atoms with E-state index in [1.54, 1.807) is 23.1 Å². The maximum Gasteiger partial charge on any atom is 0.188 e. The van der Waals surface area contributed by atoms with Crippen LogP contribution < -0.4 is 5.32 Å². The third-order valence-corrected chi connectivity index (χ3v) is 4.80. The lowest BCUT2D eigenvalue weighted by atomic mass is 10.2. The third-order valence-electron chi connectivity index (χ3n) is 2.88. The van der Waals surface area contributed by atoms with Gasteiger partial charge in [-0.1, -0.05) is 11.8 Å². The Morgan fingerprint density at radius 1 is 1.25 bits per heavy atom. The summed E-state index contributed by atoms with van der Waals surface area (Å²) in [4.78, 5) is 6.61. The van der Waals surface area contributed by atoms with Crippen LogP contribution in [0.5, 0.6) is 0 Å². The van der Waals surface area contributed by atoms with Gasteiger partial charge in [-0.25, -0.2) is 4.98 Å². The van der Waals surface area contributed by atoms with Gasteiger partial charge in [0.25, 0.3) is 0 Å². The highest BCUT2D eigenvalue weighted by molar-refractivity contribution is 7.99. The Hall–Kier alpha value is -1.79. The number of benzene rings is 1. The zero-order valence-electron chi connectivity index (χ0n) is 11.0. The maximum absolute atomic E-state index is 4.10. The van der Waals surface area contributed by atoms with Gasteiger partial charge < -0.3 is 5.32 Å². The van der Waals surface area contributed by atoms with E-state index >= 15 is 0 Å². The quantitative estimate of drug-likeness (QED) is 0.749. The number of hydrogen-bond acceptors (Lipinski definition) is 5. The van der Waals surface area contributed by atoms with Crippen LogP contribution in [0, 0.1) is 6.92 Å². The second kappa shape index (κ2) is 6.11. The minimum Gasteiger partial charge on any atom is -0.380 e. The smallest absolute Gasteiger partial charge is 0.188 e. The molecule has 2 aromatic heterocycles. The molecule has 0 unspecified atom stereocenters. The van der Waals surface area contributed by atoms with Gasteiger partial charge in [-0.05, 0) is 48.2 Å². The fraction of sp³-hybridized carbons (Fsp3) is 0.143. The number of aryl methyl sites for hydroxylation is 1. The van der Waals surface area contributed by atoms with Gasteiger partial charge in [0.2, 0.25) is 0 Å². The predicted molar refractivity (Wildman–Crippen MR) is 83.3 cm³/mol. The van der Waals surface area contributed by atoms with Crippen molar-refractivity contribution < 1.29 is 0 Å². The number of hydrogen-bond donors (Lipinski definition) is 2. The van der Waals surface area contributed by atoms with Crippen LogP contribution in [0.3, 0.4) is 0 Å². The Morgan fingerprint density at radius 3 is 2.75 bits per heavy atom. The van der Waals surface area contributed by atoms with Gasteiger partial charge in [0, 0.05) is 22.0 Å². The Labute approximate surface area is 125 Å². The number of nitrogens with zero attached hydrogens (tertiary/aromatic N) is 2. The molecule has 0 radical (unpaired) electrons. The minimum absolute atomic E-state index is 0.805. The number of thiophene rings is 1. The molecule has 0 atom stereocenters.